The van der Waals surface area contributed by atoms with Crippen LogP contribution in [-0.4, -0.2) is 36.2 Å². The number of aromatic nitrogens is 2. The van der Waals surface area contributed by atoms with Gasteiger partial charge >= 0.3 is 5.97 Å². The molecule has 0 radical (unpaired) electrons. The number of esters is 1. The molecule has 1 aliphatic heterocycles. The summed E-state index contributed by atoms with van der Waals surface area (Å²) in [6.07, 6.45) is 2.92. The molecule has 3 heterocycles. The number of methoxy groups -OCH3 is 1. The lowest BCUT2D eigenvalue weighted by molar-refractivity contribution is 0.0606. The summed E-state index contributed by atoms with van der Waals surface area (Å²) < 4.78 is 17.4. The number of nitrogens with zero attached hydrogens (tertiary/aromatic N) is 2. The van der Waals surface area contributed by atoms with Crippen LogP contribution in [0, 0.1) is 0 Å². The topological polar surface area (TPSA) is 74.6 Å². The molecule has 7 nitrogen and oxygen atoms in total. The highest BCUT2D eigenvalue weighted by atomic mass is 32.1. The molecule has 1 aromatic carbocycles. The van der Waals surface area contributed by atoms with Gasteiger partial charge in [0.15, 0.2) is 11.5 Å². The average molecular weight is 399 g/mol. The van der Waals surface area contributed by atoms with Crippen molar-refractivity contribution in [2.24, 2.45) is 0 Å². The number of ether oxygens (including phenoxy) is 3. The third-order valence-corrected chi connectivity index (χ3v) is 5.48. The number of nitrogens with one attached hydrogen (secondary N) is 1. The van der Waals surface area contributed by atoms with Crippen molar-refractivity contribution >= 4 is 17.3 Å². The fourth-order valence-corrected chi connectivity index (χ4v) is 3.84. The number of benzene rings is 1. The van der Waals surface area contributed by atoms with Gasteiger partial charge in [-0.15, -0.1) is 11.3 Å². The molecule has 0 atom stereocenters. The SMILES string of the molecule is COC(=O)c1ccc(-c2ccn(CCCNCc3ccc4c(c3)OCO4)n2)s1. The van der Waals surface area contributed by atoms with Crippen molar-refractivity contribution in [3.05, 3.63) is 53.0 Å². The summed E-state index contributed by atoms with van der Waals surface area (Å²) in [5, 5.41) is 8.03. The molecule has 0 amide bonds. The lowest BCUT2D eigenvalue weighted by atomic mass is 10.2. The Morgan fingerprint density at radius 1 is 1.25 bits per heavy atom. The smallest absolute Gasteiger partial charge is 0.348 e. The lowest BCUT2D eigenvalue weighted by Crippen LogP contribution is -2.16. The lowest BCUT2D eigenvalue weighted by Gasteiger charge is -2.06. The molecule has 0 aliphatic carbocycles. The number of fused-ring (bicyclic) bond motifs is 1. The van der Waals surface area contributed by atoms with Crippen LogP contribution in [-0.2, 0) is 17.8 Å². The predicted octanol–water partition coefficient (Wildman–Crippen LogP) is 3.31. The molecule has 0 bridgehead atoms. The monoisotopic (exact) mass is 399 g/mol. The van der Waals surface area contributed by atoms with E-state index in [2.05, 4.69) is 10.4 Å². The molecule has 4 rings (SSSR count). The Balaban J connectivity index is 1.23. The highest BCUT2D eigenvalue weighted by Gasteiger charge is 2.13. The fourth-order valence-electron chi connectivity index (χ4n) is 2.95. The number of rotatable bonds is 8. The van der Waals surface area contributed by atoms with Crippen LogP contribution in [0.25, 0.3) is 10.6 Å². The number of carbonyl (C=O) groups excluding carboxylic acids is 1. The van der Waals surface area contributed by atoms with Crippen molar-refractivity contribution in [3.63, 3.8) is 0 Å². The van der Waals surface area contributed by atoms with Crippen LogP contribution in [0.5, 0.6) is 11.5 Å². The Labute approximate surface area is 166 Å². The highest BCUT2D eigenvalue weighted by Crippen LogP contribution is 2.32. The molecular formula is C20H21N3O4S. The Bertz CT molecular complexity index is 966. The molecule has 2 aromatic heterocycles. The highest BCUT2D eigenvalue weighted by molar-refractivity contribution is 7.17. The van der Waals surface area contributed by atoms with E-state index in [9.17, 15) is 4.79 Å². The summed E-state index contributed by atoms with van der Waals surface area (Å²) in [5.74, 6) is 1.30. The van der Waals surface area contributed by atoms with Crippen LogP contribution in [0.3, 0.4) is 0 Å². The zero-order valence-electron chi connectivity index (χ0n) is 15.5. The van der Waals surface area contributed by atoms with E-state index in [0.29, 0.717) is 11.7 Å². The number of thiophene rings is 1. The van der Waals surface area contributed by atoms with Gasteiger partial charge in [0, 0.05) is 19.3 Å². The summed E-state index contributed by atoms with van der Waals surface area (Å²) in [6, 6.07) is 11.6. The summed E-state index contributed by atoms with van der Waals surface area (Å²) in [5.41, 5.74) is 2.04. The van der Waals surface area contributed by atoms with Crippen molar-refractivity contribution in [2.75, 3.05) is 20.4 Å². The normalized spacial score (nSPS) is 12.3. The maximum Gasteiger partial charge on any atom is 0.348 e. The fraction of sp³-hybridized carbons (Fsp3) is 0.300. The molecule has 8 heteroatoms. The van der Waals surface area contributed by atoms with Gasteiger partial charge in [-0.25, -0.2) is 4.79 Å². The standard InChI is InChI=1S/C20H21N3O4S/c1-25-20(24)19-6-5-18(28-19)15-7-10-23(22-15)9-2-8-21-12-14-3-4-16-17(11-14)27-13-26-16/h3-7,10-11,21H,2,8-9,12-13H2,1H3. The van der Waals surface area contributed by atoms with Crippen molar-refractivity contribution in [3.8, 4) is 22.1 Å². The minimum atomic E-state index is -0.316. The quantitative estimate of drug-likeness (QED) is 0.463. The summed E-state index contributed by atoms with van der Waals surface area (Å²) in [7, 11) is 1.39. The number of hydrogen-bond donors (Lipinski definition) is 1. The van der Waals surface area contributed by atoms with Crippen LogP contribution in [0.4, 0.5) is 0 Å². The number of hydrogen-bond acceptors (Lipinski definition) is 7. The molecule has 1 aliphatic rings. The first-order valence-corrected chi connectivity index (χ1v) is 9.86. The molecule has 0 spiro atoms. The largest absolute Gasteiger partial charge is 0.465 e. The van der Waals surface area contributed by atoms with Crippen molar-refractivity contribution in [1.29, 1.82) is 0 Å². The Hall–Kier alpha value is -2.84. The summed E-state index contributed by atoms with van der Waals surface area (Å²) >= 11 is 1.39. The van der Waals surface area contributed by atoms with Gasteiger partial charge in [-0.05, 0) is 48.9 Å². The second-order valence-corrected chi connectivity index (χ2v) is 7.42. The van der Waals surface area contributed by atoms with E-state index in [-0.39, 0.29) is 5.97 Å². The maximum absolute atomic E-state index is 11.6. The number of aryl methyl sites for hydroxylation is 1. The minimum absolute atomic E-state index is 0.299. The van der Waals surface area contributed by atoms with Gasteiger partial charge in [-0.1, -0.05) is 6.07 Å². The zero-order valence-corrected chi connectivity index (χ0v) is 16.3. The van der Waals surface area contributed by atoms with Crippen molar-refractivity contribution in [1.82, 2.24) is 15.1 Å². The van der Waals surface area contributed by atoms with Gasteiger partial charge in [0.1, 0.15) is 10.6 Å². The van der Waals surface area contributed by atoms with Crippen LogP contribution in [0.2, 0.25) is 0 Å². The van der Waals surface area contributed by atoms with Gasteiger partial charge in [0.2, 0.25) is 6.79 Å². The molecule has 0 saturated heterocycles. The number of carbonyl (C=O) groups is 1. The second kappa shape index (κ2) is 8.45. The van der Waals surface area contributed by atoms with Gasteiger partial charge in [-0.3, -0.25) is 4.68 Å². The zero-order chi connectivity index (χ0) is 19.3. The first kappa shape index (κ1) is 18.5. The molecule has 3 aromatic rings. The van der Waals surface area contributed by atoms with Gasteiger partial charge in [0.25, 0.3) is 0 Å². The molecule has 146 valence electrons. The Morgan fingerprint density at radius 2 is 2.14 bits per heavy atom. The summed E-state index contributed by atoms with van der Waals surface area (Å²) in [4.78, 5) is 13.1. The maximum atomic E-state index is 11.6. The van der Waals surface area contributed by atoms with E-state index in [4.69, 9.17) is 14.2 Å². The molecule has 0 fully saturated rings. The van der Waals surface area contributed by atoms with Crippen LogP contribution in [0.1, 0.15) is 21.7 Å². The van der Waals surface area contributed by atoms with Crippen LogP contribution < -0.4 is 14.8 Å². The summed E-state index contributed by atoms with van der Waals surface area (Å²) in [6.45, 7) is 2.79. The molecular weight excluding hydrogens is 378 g/mol. The predicted molar refractivity (Wildman–Crippen MR) is 106 cm³/mol. The van der Waals surface area contributed by atoms with Crippen molar-refractivity contribution < 1.29 is 19.0 Å². The second-order valence-electron chi connectivity index (χ2n) is 6.34. The molecule has 0 unspecified atom stereocenters. The van der Waals surface area contributed by atoms with Gasteiger partial charge in [-0.2, -0.15) is 5.10 Å². The Morgan fingerprint density at radius 3 is 3.04 bits per heavy atom. The van der Waals surface area contributed by atoms with Crippen LogP contribution >= 0.6 is 11.3 Å². The average Bonchev–Trinajstić information content (AvgIpc) is 3.46. The first-order chi connectivity index (χ1) is 13.7. The van der Waals surface area contributed by atoms with E-state index >= 15 is 0 Å². The molecule has 1 N–H and O–H groups in total. The van der Waals surface area contributed by atoms with E-state index in [1.165, 1.54) is 24.0 Å². The van der Waals surface area contributed by atoms with Crippen molar-refractivity contribution in [2.45, 2.75) is 19.5 Å². The van der Waals surface area contributed by atoms with Gasteiger partial charge < -0.3 is 19.5 Å². The van der Waals surface area contributed by atoms with Gasteiger partial charge in [0.05, 0.1) is 12.0 Å². The van der Waals surface area contributed by atoms with Crippen LogP contribution in [0.15, 0.2) is 42.6 Å². The van der Waals surface area contributed by atoms with E-state index in [1.807, 2.05) is 41.2 Å². The molecule has 0 saturated carbocycles. The third-order valence-electron chi connectivity index (χ3n) is 4.39. The first-order valence-electron chi connectivity index (χ1n) is 9.04. The van der Waals surface area contributed by atoms with E-state index < -0.39 is 0 Å². The molecule has 28 heavy (non-hydrogen) atoms. The van der Waals surface area contributed by atoms with E-state index in [1.54, 1.807) is 6.07 Å². The van der Waals surface area contributed by atoms with E-state index in [0.717, 1.165) is 48.1 Å². The Kier molecular flexibility index (Phi) is 5.59. The minimum Gasteiger partial charge on any atom is -0.465 e. The third kappa shape index (κ3) is 4.18.